The van der Waals surface area contributed by atoms with Crippen molar-refractivity contribution in [3.63, 3.8) is 0 Å². The van der Waals surface area contributed by atoms with Crippen LogP contribution >= 0.6 is 0 Å². The second-order valence-corrected chi connectivity index (χ2v) is 3.76. The third-order valence-electron chi connectivity index (χ3n) is 2.18. The fourth-order valence-corrected chi connectivity index (χ4v) is 1.32. The number of nitrogens with two attached hydrogens (primary N) is 1. The average molecular weight is 224 g/mol. The summed E-state index contributed by atoms with van der Waals surface area (Å²) in [6.07, 6.45) is 2.13. The second-order valence-electron chi connectivity index (χ2n) is 3.76. The monoisotopic (exact) mass is 224 g/mol. The van der Waals surface area contributed by atoms with Gasteiger partial charge in [-0.05, 0) is 37.5 Å². The van der Waals surface area contributed by atoms with Gasteiger partial charge in [0.2, 0.25) is 0 Å². The Labute approximate surface area is 94.9 Å². The number of rotatable bonds is 6. The molecule has 0 spiro atoms. The van der Waals surface area contributed by atoms with Crippen molar-refractivity contribution < 1.29 is 9.13 Å². The van der Waals surface area contributed by atoms with E-state index in [4.69, 9.17) is 15.9 Å². The maximum absolute atomic E-state index is 13.2. The molecule has 3 N–H and O–H groups in total. The second kappa shape index (κ2) is 6.10. The van der Waals surface area contributed by atoms with Gasteiger partial charge in [-0.3, -0.25) is 5.41 Å². The Bertz CT molecular complexity index is 366. The molecule has 0 atom stereocenters. The number of halogens is 1. The molecule has 1 aromatic carbocycles. The summed E-state index contributed by atoms with van der Waals surface area (Å²) in [5.41, 5.74) is 6.18. The normalized spacial score (nSPS) is 10.1. The predicted molar refractivity (Wildman–Crippen MR) is 62.4 cm³/mol. The van der Waals surface area contributed by atoms with Crippen LogP contribution in [-0.2, 0) is 0 Å². The zero-order valence-corrected chi connectivity index (χ0v) is 9.42. The van der Waals surface area contributed by atoms with Gasteiger partial charge in [0.1, 0.15) is 0 Å². The summed E-state index contributed by atoms with van der Waals surface area (Å²) < 4.78 is 18.5. The van der Waals surface area contributed by atoms with Gasteiger partial charge in [0, 0.05) is 6.42 Å². The van der Waals surface area contributed by atoms with Crippen molar-refractivity contribution >= 4 is 5.84 Å². The molecule has 4 heteroatoms. The van der Waals surface area contributed by atoms with Gasteiger partial charge in [-0.15, -0.1) is 0 Å². The number of hydrogen-bond acceptors (Lipinski definition) is 2. The van der Waals surface area contributed by atoms with Crippen LogP contribution in [0, 0.1) is 18.2 Å². The highest BCUT2D eigenvalue weighted by Crippen LogP contribution is 2.18. The van der Waals surface area contributed by atoms with Gasteiger partial charge in [-0.25, -0.2) is 4.39 Å². The van der Waals surface area contributed by atoms with Crippen molar-refractivity contribution in [3.8, 4) is 5.75 Å². The number of amidine groups is 1. The molecular weight excluding hydrogens is 207 g/mol. The molecule has 0 saturated carbocycles. The highest BCUT2D eigenvalue weighted by atomic mass is 19.1. The Morgan fingerprint density at radius 3 is 2.88 bits per heavy atom. The number of unbranched alkanes of at least 4 members (excludes halogenated alkanes) is 1. The Morgan fingerprint density at radius 2 is 2.19 bits per heavy atom. The van der Waals surface area contributed by atoms with Gasteiger partial charge in [0.15, 0.2) is 11.6 Å². The highest BCUT2D eigenvalue weighted by Gasteiger charge is 2.02. The quantitative estimate of drug-likeness (QED) is 0.443. The third-order valence-corrected chi connectivity index (χ3v) is 2.18. The van der Waals surface area contributed by atoms with Crippen LogP contribution in [0.15, 0.2) is 18.2 Å². The molecule has 0 radical (unpaired) electrons. The minimum absolute atomic E-state index is 0.182. The molecule has 0 bridgehead atoms. The molecule has 88 valence electrons. The first-order valence-corrected chi connectivity index (χ1v) is 5.31. The lowest BCUT2D eigenvalue weighted by molar-refractivity contribution is 0.292. The first-order valence-electron chi connectivity index (χ1n) is 5.31. The summed E-state index contributed by atoms with van der Waals surface area (Å²) in [5, 5.41) is 7.03. The zero-order valence-electron chi connectivity index (χ0n) is 9.42. The molecule has 1 rings (SSSR count). The summed E-state index contributed by atoms with van der Waals surface area (Å²) in [4.78, 5) is 0. The summed E-state index contributed by atoms with van der Waals surface area (Å²) in [6.45, 7) is 2.34. The number of aryl methyl sites for hydroxylation is 1. The van der Waals surface area contributed by atoms with Gasteiger partial charge < -0.3 is 10.5 Å². The zero-order chi connectivity index (χ0) is 12.0. The van der Waals surface area contributed by atoms with Crippen LogP contribution < -0.4 is 10.5 Å². The van der Waals surface area contributed by atoms with E-state index in [0.29, 0.717) is 18.8 Å². The molecule has 0 amide bonds. The average Bonchev–Trinajstić information content (AvgIpc) is 2.22. The lowest BCUT2D eigenvalue weighted by Gasteiger charge is -2.07. The van der Waals surface area contributed by atoms with E-state index in [1.165, 1.54) is 6.07 Å². The molecule has 0 unspecified atom stereocenters. The fraction of sp³-hybridized carbons (Fsp3) is 0.417. The fourth-order valence-electron chi connectivity index (χ4n) is 1.32. The Balaban J connectivity index is 2.31. The van der Waals surface area contributed by atoms with Crippen LogP contribution in [-0.4, -0.2) is 12.4 Å². The topological polar surface area (TPSA) is 59.1 Å². The Morgan fingerprint density at radius 1 is 1.44 bits per heavy atom. The lowest BCUT2D eigenvalue weighted by atomic mass is 10.2. The van der Waals surface area contributed by atoms with Crippen LogP contribution in [0.1, 0.15) is 24.8 Å². The van der Waals surface area contributed by atoms with Crippen molar-refractivity contribution in [3.05, 3.63) is 29.6 Å². The van der Waals surface area contributed by atoms with E-state index in [9.17, 15) is 4.39 Å². The minimum atomic E-state index is -0.336. The summed E-state index contributed by atoms with van der Waals surface area (Å²) in [7, 11) is 0. The van der Waals surface area contributed by atoms with E-state index in [-0.39, 0.29) is 11.7 Å². The van der Waals surface area contributed by atoms with Gasteiger partial charge in [0.25, 0.3) is 0 Å². The van der Waals surface area contributed by atoms with Gasteiger partial charge >= 0.3 is 0 Å². The molecule has 0 aromatic heterocycles. The van der Waals surface area contributed by atoms with Crippen LogP contribution in [0.2, 0.25) is 0 Å². The van der Waals surface area contributed by atoms with Crippen molar-refractivity contribution in [1.82, 2.24) is 0 Å². The molecule has 0 saturated heterocycles. The molecule has 1 aromatic rings. The van der Waals surface area contributed by atoms with Crippen LogP contribution in [0.4, 0.5) is 4.39 Å². The van der Waals surface area contributed by atoms with E-state index in [2.05, 4.69) is 0 Å². The van der Waals surface area contributed by atoms with E-state index < -0.39 is 0 Å². The molecule has 0 fully saturated rings. The van der Waals surface area contributed by atoms with Crippen molar-refractivity contribution in [1.29, 1.82) is 5.41 Å². The Kier molecular flexibility index (Phi) is 4.76. The highest BCUT2D eigenvalue weighted by molar-refractivity contribution is 5.76. The van der Waals surface area contributed by atoms with E-state index in [0.717, 1.165) is 18.4 Å². The third kappa shape index (κ3) is 4.29. The summed E-state index contributed by atoms with van der Waals surface area (Å²) in [6, 6.07) is 4.79. The number of hydrogen-bond donors (Lipinski definition) is 2. The van der Waals surface area contributed by atoms with Crippen LogP contribution in [0.5, 0.6) is 5.75 Å². The minimum Gasteiger partial charge on any atom is -0.491 e. The maximum Gasteiger partial charge on any atom is 0.165 e. The first-order chi connectivity index (χ1) is 7.59. The number of benzene rings is 1. The lowest BCUT2D eigenvalue weighted by Crippen LogP contribution is -2.09. The first kappa shape index (κ1) is 12.5. The predicted octanol–water partition coefficient (Wildman–Crippen LogP) is 2.62. The Hall–Kier alpha value is -1.58. The van der Waals surface area contributed by atoms with Gasteiger partial charge in [-0.1, -0.05) is 6.07 Å². The molecule has 0 aliphatic heterocycles. The van der Waals surface area contributed by atoms with Gasteiger partial charge in [0.05, 0.1) is 12.4 Å². The van der Waals surface area contributed by atoms with E-state index in [1.54, 1.807) is 12.1 Å². The van der Waals surface area contributed by atoms with E-state index in [1.807, 2.05) is 6.92 Å². The molecule has 16 heavy (non-hydrogen) atoms. The smallest absolute Gasteiger partial charge is 0.165 e. The molecule has 0 aliphatic rings. The number of ether oxygens (including phenoxy) is 1. The molecular formula is C12H17FN2O. The van der Waals surface area contributed by atoms with Gasteiger partial charge in [-0.2, -0.15) is 0 Å². The summed E-state index contributed by atoms with van der Waals surface area (Å²) in [5.74, 6) is 0.140. The largest absolute Gasteiger partial charge is 0.491 e. The van der Waals surface area contributed by atoms with Crippen molar-refractivity contribution in [2.45, 2.75) is 26.2 Å². The maximum atomic E-state index is 13.2. The van der Waals surface area contributed by atoms with E-state index >= 15 is 0 Å². The number of nitrogens with one attached hydrogen (secondary N) is 1. The summed E-state index contributed by atoms with van der Waals surface area (Å²) >= 11 is 0. The van der Waals surface area contributed by atoms with Crippen molar-refractivity contribution in [2.24, 2.45) is 5.73 Å². The molecule has 3 nitrogen and oxygen atoms in total. The SMILES string of the molecule is Cc1ccc(F)c(OCCCCC(=N)N)c1. The molecule has 0 aliphatic carbocycles. The standard InChI is InChI=1S/C12H17FN2O/c1-9-5-6-10(13)11(8-9)16-7-3-2-4-12(14)15/h5-6,8H,2-4,7H2,1H3,(H3,14,15). The molecule has 0 heterocycles. The van der Waals surface area contributed by atoms with Crippen LogP contribution in [0.3, 0.4) is 0 Å². The van der Waals surface area contributed by atoms with Crippen molar-refractivity contribution in [2.75, 3.05) is 6.61 Å². The van der Waals surface area contributed by atoms with Crippen LogP contribution in [0.25, 0.3) is 0 Å².